The molecule has 7 heteroatoms. The minimum Gasteiger partial charge on any atom is -0.338 e. The number of ketones is 1. The molecule has 0 unspecified atom stereocenters. The SMILES string of the molecule is NC1(c2noc(CSCC(=O)c3ccc(Cl)cc3)n2)CCCC1. The Morgan fingerprint density at radius 2 is 2.00 bits per heavy atom. The summed E-state index contributed by atoms with van der Waals surface area (Å²) in [4.78, 5) is 16.5. The molecule has 1 saturated carbocycles. The average Bonchev–Trinajstić information content (AvgIpc) is 3.18. The number of Topliss-reactive ketones (excluding diaryl/α,β-unsaturated/α-hetero) is 1. The third-order valence-corrected chi connectivity index (χ3v) is 5.20. The van der Waals surface area contributed by atoms with Gasteiger partial charge in [-0.3, -0.25) is 4.79 Å². The summed E-state index contributed by atoms with van der Waals surface area (Å²) in [6.07, 6.45) is 4.00. The van der Waals surface area contributed by atoms with Crippen molar-refractivity contribution >= 4 is 29.1 Å². The first-order valence-corrected chi connectivity index (χ1v) is 9.08. The Labute approximate surface area is 144 Å². The summed E-state index contributed by atoms with van der Waals surface area (Å²) < 4.78 is 5.25. The lowest BCUT2D eigenvalue weighted by atomic mass is 9.99. The summed E-state index contributed by atoms with van der Waals surface area (Å²) in [5.74, 6) is 2.02. The zero-order chi connectivity index (χ0) is 16.3. The van der Waals surface area contributed by atoms with Gasteiger partial charge in [0.25, 0.3) is 0 Å². The van der Waals surface area contributed by atoms with Crippen LogP contribution in [0.25, 0.3) is 0 Å². The fourth-order valence-electron chi connectivity index (χ4n) is 2.70. The van der Waals surface area contributed by atoms with Gasteiger partial charge < -0.3 is 10.3 Å². The van der Waals surface area contributed by atoms with E-state index in [4.69, 9.17) is 21.9 Å². The maximum absolute atomic E-state index is 12.1. The molecule has 0 saturated heterocycles. The molecule has 1 heterocycles. The van der Waals surface area contributed by atoms with E-state index in [0.29, 0.717) is 33.8 Å². The summed E-state index contributed by atoms with van der Waals surface area (Å²) in [6.45, 7) is 0. The summed E-state index contributed by atoms with van der Waals surface area (Å²) >= 11 is 7.26. The topological polar surface area (TPSA) is 82.0 Å². The highest BCUT2D eigenvalue weighted by molar-refractivity contribution is 7.99. The Kier molecular flexibility index (Phi) is 5.04. The van der Waals surface area contributed by atoms with Crippen molar-refractivity contribution in [3.05, 3.63) is 46.6 Å². The maximum atomic E-state index is 12.1. The number of carbonyl (C=O) groups is 1. The Balaban J connectivity index is 1.52. The average molecular weight is 352 g/mol. The van der Waals surface area contributed by atoms with E-state index in [9.17, 15) is 4.79 Å². The number of nitrogens with two attached hydrogens (primary N) is 1. The van der Waals surface area contributed by atoms with Crippen LogP contribution in [-0.2, 0) is 11.3 Å². The van der Waals surface area contributed by atoms with Gasteiger partial charge >= 0.3 is 0 Å². The molecular weight excluding hydrogens is 334 g/mol. The molecule has 0 radical (unpaired) electrons. The zero-order valence-electron chi connectivity index (χ0n) is 12.6. The Bertz CT molecular complexity index is 681. The lowest BCUT2D eigenvalue weighted by Crippen LogP contribution is -2.34. The van der Waals surface area contributed by atoms with Crippen LogP contribution in [0.3, 0.4) is 0 Å². The van der Waals surface area contributed by atoms with E-state index in [1.54, 1.807) is 24.3 Å². The second kappa shape index (κ2) is 7.03. The van der Waals surface area contributed by atoms with Gasteiger partial charge in [-0.2, -0.15) is 4.98 Å². The fraction of sp³-hybridized carbons (Fsp3) is 0.438. The van der Waals surface area contributed by atoms with Gasteiger partial charge in [0.2, 0.25) is 5.89 Å². The van der Waals surface area contributed by atoms with Crippen LogP contribution in [-0.4, -0.2) is 21.7 Å². The van der Waals surface area contributed by atoms with Crippen molar-refractivity contribution in [1.29, 1.82) is 0 Å². The van der Waals surface area contributed by atoms with Crippen LogP contribution in [0.4, 0.5) is 0 Å². The quantitative estimate of drug-likeness (QED) is 0.801. The van der Waals surface area contributed by atoms with E-state index in [2.05, 4.69) is 10.1 Å². The van der Waals surface area contributed by atoms with Crippen LogP contribution in [0.5, 0.6) is 0 Å². The minimum absolute atomic E-state index is 0.0532. The molecule has 5 nitrogen and oxygen atoms in total. The van der Waals surface area contributed by atoms with Crippen molar-refractivity contribution in [2.45, 2.75) is 37.0 Å². The van der Waals surface area contributed by atoms with E-state index < -0.39 is 5.54 Å². The van der Waals surface area contributed by atoms with E-state index in [1.165, 1.54) is 11.8 Å². The number of aromatic nitrogens is 2. The summed E-state index contributed by atoms with van der Waals surface area (Å²) in [5.41, 5.74) is 6.52. The number of hydrogen-bond acceptors (Lipinski definition) is 6. The lowest BCUT2D eigenvalue weighted by Gasteiger charge is -2.17. The molecule has 0 spiro atoms. The summed E-state index contributed by atoms with van der Waals surface area (Å²) in [5, 5.41) is 4.63. The Hall–Kier alpha value is -1.37. The lowest BCUT2D eigenvalue weighted by molar-refractivity contribution is 0.102. The number of nitrogens with zero attached hydrogens (tertiary/aromatic N) is 2. The molecule has 23 heavy (non-hydrogen) atoms. The van der Waals surface area contributed by atoms with Gasteiger partial charge in [0, 0.05) is 10.6 Å². The van der Waals surface area contributed by atoms with E-state index in [0.717, 1.165) is 25.7 Å². The van der Waals surface area contributed by atoms with Crippen molar-refractivity contribution in [3.63, 3.8) is 0 Å². The van der Waals surface area contributed by atoms with Gasteiger partial charge in [-0.15, -0.1) is 11.8 Å². The van der Waals surface area contributed by atoms with Gasteiger partial charge in [0.05, 0.1) is 17.0 Å². The van der Waals surface area contributed by atoms with Crippen LogP contribution < -0.4 is 5.73 Å². The van der Waals surface area contributed by atoms with Crippen molar-refractivity contribution in [1.82, 2.24) is 10.1 Å². The Morgan fingerprint density at radius 1 is 1.30 bits per heavy atom. The van der Waals surface area contributed by atoms with E-state index in [-0.39, 0.29) is 5.78 Å². The highest BCUT2D eigenvalue weighted by atomic mass is 35.5. The molecule has 2 N–H and O–H groups in total. The molecule has 0 aliphatic heterocycles. The van der Waals surface area contributed by atoms with Crippen molar-refractivity contribution in [2.75, 3.05) is 5.75 Å². The van der Waals surface area contributed by atoms with Gasteiger partial charge in [-0.1, -0.05) is 29.6 Å². The maximum Gasteiger partial charge on any atom is 0.236 e. The molecule has 3 rings (SSSR count). The molecule has 0 bridgehead atoms. The number of carbonyl (C=O) groups excluding carboxylic acids is 1. The number of rotatable bonds is 6. The molecule has 1 aromatic heterocycles. The fourth-order valence-corrected chi connectivity index (χ4v) is 3.57. The van der Waals surface area contributed by atoms with Crippen LogP contribution in [0.1, 0.15) is 47.8 Å². The first kappa shape index (κ1) is 16.5. The molecule has 2 aromatic rings. The van der Waals surface area contributed by atoms with Crippen molar-refractivity contribution in [2.24, 2.45) is 5.73 Å². The standard InChI is InChI=1S/C16H18ClN3O2S/c17-12-5-3-11(4-6-12)13(21)9-23-10-14-19-15(20-22-14)16(18)7-1-2-8-16/h3-6H,1-2,7-10,18H2. The van der Waals surface area contributed by atoms with Crippen LogP contribution in [0.2, 0.25) is 5.02 Å². The first-order valence-electron chi connectivity index (χ1n) is 7.55. The molecule has 1 aliphatic carbocycles. The van der Waals surface area contributed by atoms with Crippen LogP contribution >= 0.6 is 23.4 Å². The highest BCUT2D eigenvalue weighted by Crippen LogP contribution is 2.34. The van der Waals surface area contributed by atoms with Gasteiger partial charge in [-0.25, -0.2) is 0 Å². The highest BCUT2D eigenvalue weighted by Gasteiger charge is 2.35. The summed E-state index contributed by atoms with van der Waals surface area (Å²) in [7, 11) is 0. The second-order valence-corrected chi connectivity index (χ2v) is 7.22. The normalized spacial score (nSPS) is 16.6. The van der Waals surface area contributed by atoms with Crippen LogP contribution in [0, 0.1) is 0 Å². The Morgan fingerprint density at radius 3 is 2.70 bits per heavy atom. The third kappa shape index (κ3) is 3.94. The second-order valence-electron chi connectivity index (χ2n) is 5.80. The van der Waals surface area contributed by atoms with Crippen LogP contribution in [0.15, 0.2) is 28.8 Å². The number of thioether (sulfide) groups is 1. The smallest absolute Gasteiger partial charge is 0.236 e. The molecule has 1 aromatic carbocycles. The van der Waals surface area contributed by atoms with Gasteiger partial charge in [0.15, 0.2) is 11.6 Å². The first-order chi connectivity index (χ1) is 11.1. The molecule has 1 aliphatic rings. The monoisotopic (exact) mass is 351 g/mol. The van der Waals surface area contributed by atoms with Gasteiger partial charge in [0.1, 0.15) is 0 Å². The number of hydrogen-bond donors (Lipinski definition) is 1. The molecule has 0 amide bonds. The van der Waals surface area contributed by atoms with E-state index in [1.807, 2.05) is 0 Å². The van der Waals surface area contributed by atoms with Crippen molar-refractivity contribution in [3.8, 4) is 0 Å². The zero-order valence-corrected chi connectivity index (χ0v) is 14.2. The predicted octanol–water partition coefficient (Wildman–Crippen LogP) is 3.57. The summed E-state index contributed by atoms with van der Waals surface area (Å²) in [6, 6.07) is 6.89. The van der Waals surface area contributed by atoms with Gasteiger partial charge in [-0.05, 0) is 37.1 Å². The largest absolute Gasteiger partial charge is 0.338 e. The molecule has 0 atom stereocenters. The minimum atomic E-state index is -0.439. The van der Waals surface area contributed by atoms with E-state index >= 15 is 0 Å². The third-order valence-electron chi connectivity index (χ3n) is 4.03. The number of benzene rings is 1. The predicted molar refractivity (Wildman–Crippen MR) is 90.6 cm³/mol. The molecule has 1 fully saturated rings. The molecular formula is C16H18ClN3O2S. The number of halogens is 1. The molecule has 122 valence electrons. The van der Waals surface area contributed by atoms with Crippen molar-refractivity contribution < 1.29 is 9.32 Å².